The fourth-order valence-corrected chi connectivity index (χ4v) is 2.99. The number of oxazole rings is 1. The molecule has 1 unspecified atom stereocenters. The molecule has 1 saturated heterocycles. The quantitative estimate of drug-likeness (QED) is 0.856. The van der Waals surface area contributed by atoms with Crippen LogP contribution in [-0.2, 0) is 4.79 Å². The molecule has 0 saturated carbocycles. The van der Waals surface area contributed by atoms with Crippen molar-refractivity contribution in [3.8, 4) is 11.3 Å². The lowest BCUT2D eigenvalue weighted by atomic mass is 10.0. The molecular weight excluding hydrogens is 276 g/mol. The summed E-state index contributed by atoms with van der Waals surface area (Å²) in [7, 11) is 0. The zero-order valence-electron chi connectivity index (χ0n) is 13.2. The number of aromatic nitrogens is 1. The van der Waals surface area contributed by atoms with Gasteiger partial charge in [0.05, 0.1) is 0 Å². The van der Waals surface area contributed by atoms with Crippen LogP contribution in [-0.4, -0.2) is 22.3 Å². The summed E-state index contributed by atoms with van der Waals surface area (Å²) in [6.45, 7) is 4.77. The third-order valence-electron chi connectivity index (χ3n) is 4.28. The lowest BCUT2D eigenvalue weighted by Crippen LogP contribution is -2.38. The molecular formula is C18H22N2O2. The van der Waals surface area contributed by atoms with E-state index < -0.39 is 0 Å². The Balaban J connectivity index is 1.85. The maximum atomic E-state index is 12.1. The van der Waals surface area contributed by atoms with Crippen molar-refractivity contribution in [2.45, 2.75) is 45.6 Å². The number of benzene rings is 1. The first kappa shape index (κ1) is 14.8. The Morgan fingerprint density at radius 2 is 2.09 bits per heavy atom. The van der Waals surface area contributed by atoms with Gasteiger partial charge in [-0.15, -0.1) is 0 Å². The van der Waals surface area contributed by atoms with Gasteiger partial charge in [-0.2, -0.15) is 0 Å². The molecule has 0 aliphatic carbocycles. The number of likely N-dealkylation sites (tertiary alicyclic amines) is 1. The fraction of sp³-hybridized carbons (Fsp3) is 0.444. The molecule has 1 atom stereocenters. The molecule has 0 bridgehead atoms. The summed E-state index contributed by atoms with van der Waals surface area (Å²) in [6, 6.07) is 8.22. The zero-order valence-corrected chi connectivity index (χ0v) is 13.2. The Morgan fingerprint density at radius 3 is 2.82 bits per heavy atom. The molecule has 3 rings (SSSR count). The maximum Gasteiger partial charge on any atom is 0.222 e. The number of amides is 1. The van der Waals surface area contributed by atoms with Gasteiger partial charge in [-0.1, -0.05) is 36.8 Å². The van der Waals surface area contributed by atoms with Gasteiger partial charge in [0.2, 0.25) is 11.8 Å². The number of carbonyl (C=O) groups is 1. The molecule has 0 N–H and O–H groups in total. The number of hydrogen-bond acceptors (Lipinski definition) is 3. The molecule has 2 aromatic rings. The van der Waals surface area contributed by atoms with Crippen LogP contribution in [0.3, 0.4) is 0 Å². The van der Waals surface area contributed by atoms with Crippen LogP contribution in [0.15, 0.2) is 34.9 Å². The SMILES string of the molecule is CCC(=O)N1CCCCC1c1nc(-c2ccc(C)cc2)co1. The van der Waals surface area contributed by atoms with Crippen LogP contribution in [0.1, 0.15) is 50.1 Å². The van der Waals surface area contributed by atoms with Gasteiger partial charge >= 0.3 is 0 Å². The highest BCUT2D eigenvalue weighted by molar-refractivity contribution is 5.76. The molecule has 1 fully saturated rings. The topological polar surface area (TPSA) is 46.3 Å². The monoisotopic (exact) mass is 298 g/mol. The fourth-order valence-electron chi connectivity index (χ4n) is 2.99. The smallest absolute Gasteiger partial charge is 0.222 e. The second-order valence-electron chi connectivity index (χ2n) is 5.89. The number of carbonyl (C=O) groups excluding carboxylic acids is 1. The van der Waals surface area contributed by atoms with E-state index in [0.29, 0.717) is 12.3 Å². The molecule has 1 aliphatic rings. The Labute approximate surface area is 131 Å². The molecule has 2 heterocycles. The second-order valence-corrected chi connectivity index (χ2v) is 5.89. The zero-order chi connectivity index (χ0) is 15.5. The summed E-state index contributed by atoms with van der Waals surface area (Å²) in [5.74, 6) is 0.844. The molecule has 4 nitrogen and oxygen atoms in total. The van der Waals surface area contributed by atoms with E-state index in [1.807, 2.05) is 24.0 Å². The van der Waals surface area contributed by atoms with Crippen molar-refractivity contribution >= 4 is 5.91 Å². The molecule has 1 aliphatic heterocycles. The summed E-state index contributed by atoms with van der Waals surface area (Å²) in [5.41, 5.74) is 3.11. The van der Waals surface area contributed by atoms with Crippen molar-refractivity contribution in [1.29, 1.82) is 0 Å². The maximum absolute atomic E-state index is 12.1. The number of piperidine rings is 1. The van der Waals surface area contributed by atoms with E-state index in [1.54, 1.807) is 6.26 Å². The van der Waals surface area contributed by atoms with Crippen molar-refractivity contribution in [2.24, 2.45) is 0 Å². The van der Waals surface area contributed by atoms with Crippen molar-refractivity contribution in [3.05, 3.63) is 42.0 Å². The molecule has 0 spiro atoms. The standard InChI is InChI=1S/C18H22N2O2/c1-3-17(21)20-11-5-4-6-16(20)18-19-15(12-22-18)14-9-7-13(2)8-10-14/h7-10,12,16H,3-6,11H2,1-2H3. The van der Waals surface area contributed by atoms with E-state index in [0.717, 1.165) is 37.1 Å². The van der Waals surface area contributed by atoms with E-state index in [2.05, 4.69) is 24.0 Å². The molecule has 1 aromatic carbocycles. The Bertz CT molecular complexity index is 645. The third-order valence-corrected chi connectivity index (χ3v) is 4.28. The summed E-state index contributed by atoms with van der Waals surface area (Å²) < 4.78 is 5.71. The Hall–Kier alpha value is -2.10. The van der Waals surface area contributed by atoms with Gasteiger partial charge in [-0.05, 0) is 26.2 Å². The predicted molar refractivity (Wildman–Crippen MR) is 85.3 cm³/mol. The number of hydrogen-bond donors (Lipinski definition) is 0. The van der Waals surface area contributed by atoms with Crippen LogP contribution in [0.25, 0.3) is 11.3 Å². The van der Waals surface area contributed by atoms with Gasteiger partial charge in [0, 0.05) is 18.5 Å². The summed E-state index contributed by atoms with van der Waals surface area (Å²) in [6.07, 6.45) is 5.33. The first-order valence-electron chi connectivity index (χ1n) is 8.01. The van der Waals surface area contributed by atoms with Gasteiger partial charge in [-0.3, -0.25) is 4.79 Å². The molecule has 22 heavy (non-hydrogen) atoms. The first-order chi connectivity index (χ1) is 10.7. The van der Waals surface area contributed by atoms with E-state index in [4.69, 9.17) is 4.42 Å². The number of aryl methyl sites for hydroxylation is 1. The van der Waals surface area contributed by atoms with E-state index >= 15 is 0 Å². The number of nitrogens with zero attached hydrogens (tertiary/aromatic N) is 2. The average molecular weight is 298 g/mol. The molecule has 1 aromatic heterocycles. The molecule has 0 radical (unpaired) electrons. The van der Waals surface area contributed by atoms with Crippen LogP contribution < -0.4 is 0 Å². The number of rotatable bonds is 3. The minimum atomic E-state index is -0.0135. The average Bonchev–Trinajstić information content (AvgIpc) is 3.04. The summed E-state index contributed by atoms with van der Waals surface area (Å²) >= 11 is 0. The third kappa shape index (κ3) is 2.91. The van der Waals surface area contributed by atoms with Gasteiger partial charge in [-0.25, -0.2) is 4.98 Å². The van der Waals surface area contributed by atoms with Crippen LogP contribution in [0.5, 0.6) is 0 Å². The normalized spacial score (nSPS) is 18.5. The van der Waals surface area contributed by atoms with Crippen LogP contribution >= 0.6 is 0 Å². The highest BCUT2D eigenvalue weighted by Gasteiger charge is 2.30. The van der Waals surface area contributed by atoms with Crippen LogP contribution in [0.4, 0.5) is 0 Å². The Kier molecular flexibility index (Phi) is 4.27. The van der Waals surface area contributed by atoms with Crippen molar-refractivity contribution in [2.75, 3.05) is 6.54 Å². The Morgan fingerprint density at radius 1 is 1.32 bits per heavy atom. The van der Waals surface area contributed by atoms with E-state index in [9.17, 15) is 4.79 Å². The lowest BCUT2D eigenvalue weighted by Gasteiger charge is -2.33. The van der Waals surface area contributed by atoms with Crippen molar-refractivity contribution in [3.63, 3.8) is 0 Å². The van der Waals surface area contributed by atoms with Crippen LogP contribution in [0, 0.1) is 6.92 Å². The minimum absolute atomic E-state index is 0.0135. The van der Waals surface area contributed by atoms with E-state index in [1.165, 1.54) is 5.56 Å². The summed E-state index contributed by atoms with van der Waals surface area (Å²) in [4.78, 5) is 18.7. The lowest BCUT2D eigenvalue weighted by molar-refractivity contribution is -0.135. The van der Waals surface area contributed by atoms with Crippen molar-refractivity contribution in [1.82, 2.24) is 9.88 Å². The van der Waals surface area contributed by atoms with Crippen LogP contribution in [0.2, 0.25) is 0 Å². The largest absolute Gasteiger partial charge is 0.446 e. The predicted octanol–water partition coefficient (Wildman–Crippen LogP) is 4.11. The van der Waals surface area contributed by atoms with Gasteiger partial charge < -0.3 is 9.32 Å². The van der Waals surface area contributed by atoms with Gasteiger partial charge in [0.15, 0.2) is 0 Å². The first-order valence-corrected chi connectivity index (χ1v) is 8.01. The van der Waals surface area contributed by atoms with Crippen molar-refractivity contribution < 1.29 is 9.21 Å². The molecule has 4 heteroatoms. The molecule has 1 amide bonds. The van der Waals surface area contributed by atoms with Gasteiger partial charge in [0.25, 0.3) is 0 Å². The van der Waals surface area contributed by atoms with Gasteiger partial charge in [0.1, 0.15) is 18.0 Å². The minimum Gasteiger partial charge on any atom is -0.446 e. The molecule has 116 valence electrons. The highest BCUT2D eigenvalue weighted by atomic mass is 16.3. The second kappa shape index (κ2) is 6.34. The summed E-state index contributed by atoms with van der Waals surface area (Å²) in [5, 5.41) is 0. The van der Waals surface area contributed by atoms with E-state index in [-0.39, 0.29) is 11.9 Å². The highest BCUT2D eigenvalue weighted by Crippen LogP contribution is 2.32.